The monoisotopic (exact) mass is 230 g/mol. The maximum atomic E-state index is 5.94. The van der Waals surface area contributed by atoms with Crippen LogP contribution in [0.4, 0.5) is 0 Å². The lowest BCUT2D eigenvalue weighted by atomic mass is 10.1. The van der Waals surface area contributed by atoms with Gasteiger partial charge in [0.15, 0.2) is 0 Å². The van der Waals surface area contributed by atoms with Gasteiger partial charge in [-0.1, -0.05) is 6.92 Å². The first-order valence-corrected chi connectivity index (χ1v) is 5.86. The summed E-state index contributed by atoms with van der Waals surface area (Å²) in [5, 5.41) is 0. The summed E-state index contributed by atoms with van der Waals surface area (Å²) in [4.78, 5) is 8.68. The molecule has 0 spiro atoms. The summed E-state index contributed by atoms with van der Waals surface area (Å²) in [5.41, 5.74) is 10.1. The normalized spacial score (nSPS) is 12.7. The van der Waals surface area contributed by atoms with Gasteiger partial charge in [0.2, 0.25) is 0 Å². The van der Waals surface area contributed by atoms with E-state index in [1.54, 1.807) is 0 Å². The molecule has 1 atom stereocenters. The van der Waals surface area contributed by atoms with Gasteiger partial charge in [0.25, 0.3) is 0 Å². The van der Waals surface area contributed by atoms with Crippen LogP contribution in [0.3, 0.4) is 0 Å². The molecule has 0 bridgehead atoms. The van der Waals surface area contributed by atoms with Crippen molar-refractivity contribution in [2.45, 2.75) is 33.2 Å². The van der Waals surface area contributed by atoms with Crippen LogP contribution in [0.1, 0.15) is 36.5 Å². The predicted octanol–water partition coefficient (Wildman–Crippen LogP) is 2.29. The fourth-order valence-corrected chi connectivity index (χ4v) is 1.73. The third-order valence-corrected chi connectivity index (χ3v) is 3.12. The van der Waals surface area contributed by atoms with E-state index in [-0.39, 0.29) is 6.04 Å². The SMILES string of the molecule is CC[C@H](N)c1ccc(-n2cnc(C)c2C)cn1. The number of imidazole rings is 1. The van der Waals surface area contributed by atoms with E-state index in [0.717, 1.165) is 29.2 Å². The Morgan fingerprint density at radius 1 is 1.29 bits per heavy atom. The Bertz CT molecular complexity index is 499. The van der Waals surface area contributed by atoms with Crippen molar-refractivity contribution in [1.82, 2.24) is 14.5 Å². The van der Waals surface area contributed by atoms with Crippen molar-refractivity contribution in [3.05, 3.63) is 41.7 Å². The van der Waals surface area contributed by atoms with Crippen LogP contribution in [-0.4, -0.2) is 14.5 Å². The molecule has 0 unspecified atom stereocenters. The van der Waals surface area contributed by atoms with E-state index in [1.807, 2.05) is 43.1 Å². The lowest BCUT2D eigenvalue weighted by molar-refractivity contribution is 0.675. The van der Waals surface area contributed by atoms with E-state index in [4.69, 9.17) is 5.73 Å². The second-order valence-electron chi connectivity index (χ2n) is 4.24. The molecule has 0 aromatic carbocycles. The molecule has 4 nitrogen and oxygen atoms in total. The quantitative estimate of drug-likeness (QED) is 0.880. The molecular weight excluding hydrogens is 212 g/mol. The average Bonchev–Trinajstić information content (AvgIpc) is 2.69. The largest absolute Gasteiger partial charge is 0.323 e. The van der Waals surface area contributed by atoms with E-state index in [9.17, 15) is 0 Å². The number of aromatic nitrogens is 3. The standard InChI is InChI=1S/C13H18N4/c1-4-12(14)13-6-5-11(7-15-13)17-8-16-9(2)10(17)3/h5-8,12H,4,14H2,1-3H3/t12-/m0/s1. The number of hydrogen-bond acceptors (Lipinski definition) is 3. The lowest BCUT2D eigenvalue weighted by Crippen LogP contribution is -2.10. The number of hydrogen-bond donors (Lipinski definition) is 1. The maximum Gasteiger partial charge on any atom is 0.0997 e. The Morgan fingerprint density at radius 3 is 2.53 bits per heavy atom. The van der Waals surface area contributed by atoms with Gasteiger partial charge in [-0.2, -0.15) is 0 Å². The van der Waals surface area contributed by atoms with Crippen molar-refractivity contribution >= 4 is 0 Å². The van der Waals surface area contributed by atoms with E-state index in [1.165, 1.54) is 0 Å². The second-order valence-corrected chi connectivity index (χ2v) is 4.24. The van der Waals surface area contributed by atoms with Crippen molar-refractivity contribution in [2.24, 2.45) is 5.73 Å². The molecule has 2 aromatic heterocycles. The minimum absolute atomic E-state index is 0.0228. The first-order chi connectivity index (χ1) is 8.13. The van der Waals surface area contributed by atoms with E-state index < -0.39 is 0 Å². The minimum atomic E-state index is 0.0228. The van der Waals surface area contributed by atoms with Crippen LogP contribution in [-0.2, 0) is 0 Å². The molecule has 0 saturated carbocycles. The third-order valence-electron chi connectivity index (χ3n) is 3.12. The van der Waals surface area contributed by atoms with Gasteiger partial charge < -0.3 is 10.3 Å². The minimum Gasteiger partial charge on any atom is -0.323 e. The zero-order valence-corrected chi connectivity index (χ0v) is 10.5. The Labute approximate surface area is 102 Å². The highest BCUT2D eigenvalue weighted by Gasteiger charge is 2.07. The Kier molecular flexibility index (Phi) is 3.24. The van der Waals surface area contributed by atoms with Crippen molar-refractivity contribution in [1.29, 1.82) is 0 Å². The fourth-order valence-electron chi connectivity index (χ4n) is 1.73. The maximum absolute atomic E-state index is 5.94. The van der Waals surface area contributed by atoms with Crippen LogP contribution in [0.25, 0.3) is 5.69 Å². The molecule has 0 fully saturated rings. The first kappa shape index (κ1) is 11.8. The molecule has 0 saturated heterocycles. The Balaban J connectivity index is 2.32. The predicted molar refractivity (Wildman–Crippen MR) is 68.1 cm³/mol. The van der Waals surface area contributed by atoms with Gasteiger partial charge in [0, 0.05) is 11.7 Å². The number of nitrogens with zero attached hydrogens (tertiary/aromatic N) is 3. The van der Waals surface area contributed by atoms with Crippen molar-refractivity contribution in [3.8, 4) is 5.69 Å². The molecular formula is C13H18N4. The van der Waals surface area contributed by atoms with Crippen LogP contribution in [0.15, 0.2) is 24.7 Å². The first-order valence-electron chi connectivity index (χ1n) is 5.86. The molecule has 90 valence electrons. The third kappa shape index (κ3) is 2.22. The van der Waals surface area contributed by atoms with Gasteiger partial charge in [-0.25, -0.2) is 4.98 Å². The van der Waals surface area contributed by atoms with Crippen molar-refractivity contribution < 1.29 is 0 Å². The number of aryl methyl sites for hydroxylation is 1. The highest BCUT2D eigenvalue weighted by atomic mass is 15.1. The van der Waals surface area contributed by atoms with Crippen LogP contribution in [0.2, 0.25) is 0 Å². The zero-order chi connectivity index (χ0) is 12.4. The van der Waals surface area contributed by atoms with E-state index >= 15 is 0 Å². The molecule has 17 heavy (non-hydrogen) atoms. The molecule has 0 aliphatic rings. The van der Waals surface area contributed by atoms with Crippen LogP contribution < -0.4 is 5.73 Å². The summed E-state index contributed by atoms with van der Waals surface area (Å²) in [5.74, 6) is 0. The Hall–Kier alpha value is -1.68. The van der Waals surface area contributed by atoms with Crippen LogP contribution in [0, 0.1) is 13.8 Å². The van der Waals surface area contributed by atoms with Crippen LogP contribution in [0.5, 0.6) is 0 Å². The Morgan fingerprint density at radius 2 is 2.06 bits per heavy atom. The topological polar surface area (TPSA) is 56.7 Å². The van der Waals surface area contributed by atoms with Gasteiger partial charge in [-0.3, -0.25) is 4.98 Å². The fraction of sp³-hybridized carbons (Fsp3) is 0.385. The number of rotatable bonds is 3. The lowest BCUT2D eigenvalue weighted by Gasteiger charge is -2.10. The molecule has 2 heterocycles. The van der Waals surface area contributed by atoms with E-state index in [0.29, 0.717) is 0 Å². The summed E-state index contributed by atoms with van der Waals surface area (Å²) < 4.78 is 2.03. The van der Waals surface area contributed by atoms with E-state index in [2.05, 4.69) is 16.9 Å². The molecule has 2 aromatic rings. The molecule has 0 radical (unpaired) electrons. The van der Waals surface area contributed by atoms with Gasteiger partial charge in [-0.15, -0.1) is 0 Å². The second kappa shape index (κ2) is 4.67. The molecule has 2 N–H and O–H groups in total. The molecule has 2 rings (SSSR count). The summed E-state index contributed by atoms with van der Waals surface area (Å²) in [6, 6.07) is 4.04. The molecule has 4 heteroatoms. The summed E-state index contributed by atoms with van der Waals surface area (Å²) in [6.07, 6.45) is 4.57. The van der Waals surface area contributed by atoms with Crippen molar-refractivity contribution in [2.75, 3.05) is 0 Å². The summed E-state index contributed by atoms with van der Waals surface area (Å²) in [7, 11) is 0. The van der Waals surface area contributed by atoms with Gasteiger partial charge in [0.1, 0.15) is 0 Å². The van der Waals surface area contributed by atoms with Crippen LogP contribution >= 0.6 is 0 Å². The highest BCUT2D eigenvalue weighted by molar-refractivity contribution is 5.33. The summed E-state index contributed by atoms with van der Waals surface area (Å²) >= 11 is 0. The summed E-state index contributed by atoms with van der Waals surface area (Å²) in [6.45, 7) is 6.11. The van der Waals surface area contributed by atoms with Crippen molar-refractivity contribution in [3.63, 3.8) is 0 Å². The number of nitrogens with two attached hydrogens (primary N) is 1. The highest BCUT2D eigenvalue weighted by Crippen LogP contribution is 2.16. The number of pyridine rings is 1. The smallest absolute Gasteiger partial charge is 0.0997 e. The van der Waals surface area contributed by atoms with Gasteiger partial charge >= 0.3 is 0 Å². The zero-order valence-electron chi connectivity index (χ0n) is 10.5. The van der Waals surface area contributed by atoms with Gasteiger partial charge in [-0.05, 0) is 32.4 Å². The van der Waals surface area contributed by atoms with Gasteiger partial charge in [0.05, 0.1) is 29.6 Å². The molecule has 0 aliphatic heterocycles. The molecule has 0 amide bonds. The average molecular weight is 230 g/mol. The molecule has 0 aliphatic carbocycles.